The number of phenolic OH excluding ortho intramolecular Hbond substituents is 1. The van der Waals surface area contributed by atoms with Crippen LogP contribution in [-0.2, 0) is 0 Å². The maximum atomic E-state index is 13.3. The van der Waals surface area contributed by atoms with E-state index in [0.717, 1.165) is 0 Å². The van der Waals surface area contributed by atoms with Gasteiger partial charge in [0, 0.05) is 6.04 Å². The van der Waals surface area contributed by atoms with E-state index < -0.39 is 17.6 Å². The van der Waals surface area contributed by atoms with Crippen LogP contribution in [0.15, 0.2) is 12.1 Å². The molecular weight excluding hydrogens is 173 g/mol. The summed E-state index contributed by atoms with van der Waals surface area (Å²) in [6, 6.07) is 2.21. The van der Waals surface area contributed by atoms with Crippen molar-refractivity contribution < 1.29 is 14.2 Å². The first kappa shape index (κ1) is 9.80. The molecule has 0 saturated carbocycles. The van der Waals surface area contributed by atoms with Crippen LogP contribution in [0.2, 0.25) is 0 Å². The maximum absolute atomic E-state index is 13.3. The molecule has 0 radical (unpaired) electrons. The first-order chi connectivity index (χ1) is 6.07. The molecule has 1 rings (SSSR count). The molecule has 0 amide bonds. The Bertz CT molecular complexity index is 313. The van der Waals surface area contributed by atoms with Gasteiger partial charge >= 0.3 is 0 Å². The van der Waals surface area contributed by atoms with E-state index in [4.69, 9.17) is 15.6 Å². The molecule has 0 saturated heterocycles. The Hall–Kier alpha value is -1.29. The Balaban J connectivity index is 3.32. The van der Waals surface area contributed by atoms with Crippen molar-refractivity contribution in [1.29, 1.82) is 0 Å². The molecule has 1 aromatic rings. The Morgan fingerprint density at radius 3 is 2.62 bits per heavy atom. The molecule has 0 aliphatic heterocycles. The quantitative estimate of drug-likeness (QED) is 0.735. The Morgan fingerprint density at radius 2 is 2.15 bits per heavy atom. The average molecular weight is 185 g/mol. The Kier molecular flexibility index (Phi) is 2.72. The van der Waals surface area contributed by atoms with Crippen LogP contribution < -0.4 is 10.5 Å². The number of methoxy groups -OCH3 is 1. The molecule has 0 fully saturated rings. The number of aromatic hydroxyl groups is 1. The van der Waals surface area contributed by atoms with Gasteiger partial charge in [0.2, 0.25) is 0 Å². The standard InChI is InChI=1S/C9H12FNO2/c1-5(11)8-7(13-2)4-3-6(12)9(8)10/h3-5,12H,11H2,1-2H3. The van der Waals surface area contributed by atoms with Crippen molar-refractivity contribution in [2.75, 3.05) is 7.11 Å². The van der Waals surface area contributed by atoms with Crippen LogP contribution in [-0.4, -0.2) is 12.2 Å². The highest BCUT2D eigenvalue weighted by molar-refractivity contribution is 5.42. The summed E-state index contributed by atoms with van der Waals surface area (Å²) in [5.74, 6) is -0.771. The van der Waals surface area contributed by atoms with Crippen molar-refractivity contribution in [1.82, 2.24) is 0 Å². The molecular formula is C9H12FNO2. The van der Waals surface area contributed by atoms with E-state index in [2.05, 4.69) is 0 Å². The Labute approximate surface area is 75.9 Å². The number of phenols is 1. The van der Waals surface area contributed by atoms with E-state index in [-0.39, 0.29) is 5.56 Å². The van der Waals surface area contributed by atoms with Crippen LogP contribution in [0.3, 0.4) is 0 Å². The molecule has 0 aliphatic carbocycles. The summed E-state index contributed by atoms with van der Waals surface area (Å²) in [5, 5.41) is 9.08. The van der Waals surface area contributed by atoms with E-state index in [1.807, 2.05) is 0 Å². The normalized spacial score (nSPS) is 12.6. The van der Waals surface area contributed by atoms with Gasteiger partial charge in [-0.2, -0.15) is 0 Å². The van der Waals surface area contributed by atoms with Crippen molar-refractivity contribution in [3.05, 3.63) is 23.5 Å². The molecule has 0 aliphatic rings. The van der Waals surface area contributed by atoms with E-state index >= 15 is 0 Å². The molecule has 13 heavy (non-hydrogen) atoms. The largest absolute Gasteiger partial charge is 0.505 e. The lowest BCUT2D eigenvalue weighted by Gasteiger charge is -2.13. The van der Waals surface area contributed by atoms with E-state index in [1.54, 1.807) is 6.92 Å². The van der Waals surface area contributed by atoms with E-state index in [1.165, 1.54) is 19.2 Å². The number of nitrogens with two attached hydrogens (primary N) is 1. The number of hydrogen-bond donors (Lipinski definition) is 2. The van der Waals surface area contributed by atoms with Gasteiger partial charge in [-0.25, -0.2) is 4.39 Å². The van der Waals surface area contributed by atoms with Gasteiger partial charge in [0.15, 0.2) is 11.6 Å². The van der Waals surface area contributed by atoms with Gasteiger partial charge in [-0.1, -0.05) is 0 Å². The summed E-state index contributed by atoms with van der Waals surface area (Å²) >= 11 is 0. The monoisotopic (exact) mass is 185 g/mol. The smallest absolute Gasteiger partial charge is 0.173 e. The topological polar surface area (TPSA) is 55.5 Å². The van der Waals surface area contributed by atoms with Crippen LogP contribution >= 0.6 is 0 Å². The lowest BCUT2D eigenvalue weighted by atomic mass is 10.1. The highest BCUT2D eigenvalue weighted by Crippen LogP contribution is 2.31. The zero-order valence-corrected chi connectivity index (χ0v) is 7.54. The molecule has 3 nitrogen and oxygen atoms in total. The first-order valence-corrected chi connectivity index (χ1v) is 3.89. The first-order valence-electron chi connectivity index (χ1n) is 3.89. The zero-order chi connectivity index (χ0) is 10.0. The summed E-state index contributed by atoms with van der Waals surface area (Å²) < 4.78 is 18.2. The van der Waals surface area contributed by atoms with Crippen molar-refractivity contribution in [2.45, 2.75) is 13.0 Å². The average Bonchev–Trinajstić information content (AvgIpc) is 2.08. The molecule has 3 N–H and O–H groups in total. The summed E-state index contributed by atoms with van der Waals surface area (Å²) in [4.78, 5) is 0. The molecule has 72 valence electrons. The minimum atomic E-state index is -0.714. The number of benzene rings is 1. The van der Waals surface area contributed by atoms with Gasteiger partial charge < -0.3 is 15.6 Å². The third kappa shape index (κ3) is 1.72. The third-order valence-corrected chi connectivity index (χ3v) is 1.79. The third-order valence-electron chi connectivity index (χ3n) is 1.79. The number of hydrogen-bond acceptors (Lipinski definition) is 3. The second-order valence-corrected chi connectivity index (χ2v) is 2.80. The zero-order valence-electron chi connectivity index (χ0n) is 7.54. The fraction of sp³-hybridized carbons (Fsp3) is 0.333. The molecule has 0 heterocycles. The van der Waals surface area contributed by atoms with Crippen LogP contribution in [0.1, 0.15) is 18.5 Å². The van der Waals surface area contributed by atoms with Crippen molar-refractivity contribution in [3.63, 3.8) is 0 Å². The lowest BCUT2D eigenvalue weighted by Crippen LogP contribution is -2.09. The molecule has 0 bridgehead atoms. The van der Waals surface area contributed by atoms with Crippen molar-refractivity contribution in [3.8, 4) is 11.5 Å². The minimum absolute atomic E-state index is 0.197. The van der Waals surface area contributed by atoms with Crippen molar-refractivity contribution >= 4 is 0 Å². The number of halogens is 1. The van der Waals surface area contributed by atoms with Gasteiger partial charge in [-0.3, -0.25) is 0 Å². The molecule has 0 aromatic heterocycles. The predicted octanol–water partition coefficient (Wildman–Crippen LogP) is 1.56. The molecule has 1 atom stereocenters. The number of ether oxygens (including phenoxy) is 1. The van der Waals surface area contributed by atoms with Crippen LogP contribution in [0.25, 0.3) is 0 Å². The molecule has 0 spiro atoms. The van der Waals surface area contributed by atoms with Crippen molar-refractivity contribution in [2.24, 2.45) is 5.73 Å². The molecule has 4 heteroatoms. The highest BCUT2D eigenvalue weighted by atomic mass is 19.1. The SMILES string of the molecule is COc1ccc(O)c(F)c1C(C)N. The van der Waals surface area contributed by atoms with Crippen LogP contribution in [0.5, 0.6) is 11.5 Å². The second kappa shape index (κ2) is 3.62. The lowest BCUT2D eigenvalue weighted by molar-refractivity contribution is 0.386. The maximum Gasteiger partial charge on any atom is 0.173 e. The Morgan fingerprint density at radius 1 is 1.54 bits per heavy atom. The van der Waals surface area contributed by atoms with Gasteiger partial charge in [0.1, 0.15) is 5.75 Å². The number of rotatable bonds is 2. The second-order valence-electron chi connectivity index (χ2n) is 2.80. The van der Waals surface area contributed by atoms with E-state index in [0.29, 0.717) is 5.75 Å². The molecule has 1 unspecified atom stereocenters. The van der Waals surface area contributed by atoms with E-state index in [9.17, 15) is 4.39 Å². The van der Waals surface area contributed by atoms with Gasteiger partial charge in [0.05, 0.1) is 12.7 Å². The van der Waals surface area contributed by atoms with Gasteiger partial charge in [-0.15, -0.1) is 0 Å². The fourth-order valence-electron chi connectivity index (χ4n) is 1.17. The summed E-state index contributed by atoms with van der Waals surface area (Å²) in [6.45, 7) is 1.63. The molecule has 1 aromatic carbocycles. The summed E-state index contributed by atoms with van der Waals surface area (Å²) in [6.07, 6.45) is 0. The van der Waals surface area contributed by atoms with Crippen LogP contribution in [0, 0.1) is 5.82 Å². The van der Waals surface area contributed by atoms with Gasteiger partial charge in [0.25, 0.3) is 0 Å². The summed E-state index contributed by atoms with van der Waals surface area (Å²) in [7, 11) is 1.43. The summed E-state index contributed by atoms with van der Waals surface area (Å²) in [5.41, 5.74) is 5.73. The fourth-order valence-corrected chi connectivity index (χ4v) is 1.17. The minimum Gasteiger partial charge on any atom is -0.505 e. The predicted molar refractivity (Wildman–Crippen MR) is 47.2 cm³/mol. The highest BCUT2D eigenvalue weighted by Gasteiger charge is 2.16. The van der Waals surface area contributed by atoms with Gasteiger partial charge in [-0.05, 0) is 19.1 Å². The van der Waals surface area contributed by atoms with Crippen LogP contribution in [0.4, 0.5) is 4.39 Å².